The molecule has 4 heteroatoms. The van der Waals surface area contributed by atoms with Crippen LogP contribution in [0, 0.1) is 5.92 Å². The first-order chi connectivity index (χ1) is 8.46. The van der Waals surface area contributed by atoms with Gasteiger partial charge in [-0.3, -0.25) is 4.79 Å². The molecule has 3 N–H and O–H groups in total. The highest BCUT2D eigenvalue weighted by Gasteiger charge is 2.14. The average Bonchev–Trinajstić information content (AvgIpc) is 2.37. The van der Waals surface area contributed by atoms with Gasteiger partial charge >= 0.3 is 0 Å². The van der Waals surface area contributed by atoms with E-state index in [4.69, 9.17) is 5.11 Å². The Morgan fingerprint density at radius 2 is 1.78 bits per heavy atom. The number of ketones is 1. The van der Waals surface area contributed by atoms with Gasteiger partial charge in [-0.1, -0.05) is 26.7 Å². The van der Waals surface area contributed by atoms with E-state index in [0.29, 0.717) is 17.9 Å². The molecule has 0 fully saturated rings. The van der Waals surface area contributed by atoms with E-state index >= 15 is 0 Å². The molecule has 0 aliphatic heterocycles. The summed E-state index contributed by atoms with van der Waals surface area (Å²) < 4.78 is 0. The third-order valence-electron chi connectivity index (χ3n) is 3.37. The Bertz CT molecular complexity index is 280. The number of carbonyl (C=O) groups is 1. The number of aliphatic hydroxyl groups excluding tert-OH is 3. The zero-order valence-electron chi connectivity index (χ0n) is 11.6. The molecule has 0 heterocycles. The van der Waals surface area contributed by atoms with Crippen molar-refractivity contribution in [1.82, 2.24) is 0 Å². The highest BCUT2D eigenvalue weighted by molar-refractivity contribution is 5.80. The standard InChI is InChI=1S/C14H26O4/c1-4-11(5-2)6-7-12(16)8-10(3)14(18)13(17)9-15/h11,13,15,17-18H,4-9H2,1-3H3/b14-10+. The number of hydrogen-bond acceptors (Lipinski definition) is 4. The maximum absolute atomic E-state index is 11.7. The molecule has 0 spiro atoms. The quantitative estimate of drug-likeness (QED) is 0.555. The van der Waals surface area contributed by atoms with Crippen LogP contribution in [0.1, 0.15) is 52.9 Å². The number of rotatable bonds is 9. The van der Waals surface area contributed by atoms with Crippen molar-refractivity contribution in [2.45, 2.75) is 59.0 Å². The summed E-state index contributed by atoms with van der Waals surface area (Å²) in [6.07, 6.45) is 2.40. The minimum atomic E-state index is -1.28. The van der Waals surface area contributed by atoms with E-state index in [1.807, 2.05) is 0 Å². The van der Waals surface area contributed by atoms with Crippen molar-refractivity contribution in [2.75, 3.05) is 6.61 Å². The van der Waals surface area contributed by atoms with E-state index in [2.05, 4.69) is 13.8 Å². The van der Waals surface area contributed by atoms with Gasteiger partial charge in [0.1, 0.15) is 17.6 Å². The summed E-state index contributed by atoms with van der Waals surface area (Å²) in [5.41, 5.74) is 0.436. The first-order valence-corrected chi connectivity index (χ1v) is 6.65. The predicted octanol–water partition coefficient (Wildman–Crippen LogP) is 2.35. The molecule has 0 saturated heterocycles. The number of aliphatic hydroxyl groups is 3. The van der Waals surface area contributed by atoms with Crippen molar-refractivity contribution < 1.29 is 20.1 Å². The van der Waals surface area contributed by atoms with Crippen LogP contribution in [0.15, 0.2) is 11.3 Å². The summed E-state index contributed by atoms with van der Waals surface area (Å²) >= 11 is 0. The fourth-order valence-corrected chi connectivity index (χ4v) is 1.91. The van der Waals surface area contributed by atoms with Gasteiger partial charge in [0.15, 0.2) is 0 Å². The summed E-state index contributed by atoms with van der Waals surface area (Å²) in [6, 6.07) is 0. The predicted molar refractivity (Wildman–Crippen MR) is 71.4 cm³/mol. The van der Waals surface area contributed by atoms with Crippen LogP contribution in [0.3, 0.4) is 0 Å². The minimum Gasteiger partial charge on any atom is -0.510 e. The molecule has 0 radical (unpaired) electrons. The Morgan fingerprint density at radius 3 is 2.22 bits per heavy atom. The molecule has 1 atom stereocenters. The molecule has 0 amide bonds. The van der Waals surface area contributed by atoms with E-state index in [-0.39, 0.29) is 18.0 Å². The number of carbonyl (C=O) groups excluding carboxylic acids is 1. The highest BCUT2D eigenvalue weighted by atomic mass is 16.3. The summed E-state index contributed by atoms with van der Waals surface area (Å²) in [7, 11) is 0. The van der Waals surface area contributed by atoms with Gasteiger partial charge in [0, 0.05) is 12.8 Å². The van der Waals surface area contributed by atoms with Gasteiger partial charge in [-0.15, -0.1) is 0 Å². The lowest BCUT2D eigenvalue weighted by Crippen LogP contribution is -2.17. The molecular weight excluding hydrogens is 232 g/mol. The van der Waals surface area contributed by atoms with Gasteiger partial charge in [0.05, 0.1) is 6.61 Å². The molecule has 18 heavy (non-hydrogen) atoms. The fraction of sp³-hybridized carbons (Fsp3) is 0.786. The summed E-state index contributed by atoms with van der Waals surface area (Å²) in [5.74, 6) is 0.360. The zero-order valence-corrected chi connectivity index (χ0v) is 11.6. The smallest absolute Gasteiger partial charge is 0.137 e. The molecule has 0 saturated carbocycles. The molecule has 0 bridgehead atoms. The normalized spacial score (nSPS) is 14.6. The van der Waals surface area contributed by atoms with Crippen LogP contribution in [0.4, 0.5) is 0 Å². The maximum Gasteiger partial charge on any atom is 0.137 e. The molecule has 0 aromatic carbocycles. The minimum absolute atomic E-state index is 0.0658. The van der Waals surface area contributed by atoms with Crippen molar-refractivity contribution in [2.24, 2.45) is 5.92 Å². The summed E-state index contributed by atoms with van der Waals surface area (Å²) in [4.78, 5) is 11.7. The van der Waals surface area contributed by atoms with Crippen molar-refractivity contribution in [3.8, 4) is 0 Å². The highest BCUT2D eigenvalue weighted by Crippen LogP contribution is 2.17. The third kappa shape index (κ3) is 6.17. The molecule has 106 valence electrons. The Labute approximate surface area is 109 Å². The van der Waals surface area contributed by atoms with Crippen molar-refractivity contribution in [3.05, 3.63) is 11.3 Å². The van der Waals surface area contributed by atoms with Crippen LogP contribution in [-0.4, -0.2) is 33.8 Å². The third-order valence-corrected chi connectivity index (χ3v) is 3.37. The second-order valence-corrected chi connectivity index (χ2v) is 4.80. The van der Waals surface area contributed by atoms with Crippen LogP contribution >= 0.6 is 0 Å². The van der Waals surface area contributed by atoms with Crippen molar-refractivity contribution >= 4 is 5.78 Å². The van der Waals surface area contributed by atoms with Gasteiger partial charge in [0.2, 0.25) is 0 Å². The lowest BCUT2D eigenvalue weighted by molar-refractivity contribution is -0.118. The zero-order chi connectivity index (χ0) is 14.1. The van der Waals surface area contributed by atoms with Crippen LogP contribution in [0.5, 0.6) is 0 Å². The second-order valence-electron chi connectivity index (χ2n) is 4.80. The topological polar surface area (TPSA) is 77.8 Å². The van der Waals surface area contributed by atoms with Crippen LogP contribution in [-0.2, 0) is 4.79 Å². The van der Waals surface area contributed by atoms with E-state index in [1.54, 1.807) is 6.92 Å². The van der Waals surface area contributed by atoms with Gasteiger partial charge in [-0.25, -0.2) is 0 Å². The Kier molecular flexibility index (Phi) is 8.67. The van der Waals surface area contributed by atoms with Gasteiger partial charge in [-0.2, -0.15) is 0 Å². The maximum atomic E-state index is 11.7. The fourth-order valence-electron chi connectivity index (χ4n) is 1.91. The van der Waals surface area contributed by atoms with E-state index in [1.165, 1.54) is 0 Å². The first-order valence-electron chi connectivity index (χ1n) is 6.65. The van der Waals surface area contributed by atoms with Crippen LogP contribution in [0.2, 0.25) is 0 Å². The second kappa shape index (κ2) is 9.11. The van der Waals surface area contributed by atoms with Crippen molar-refractivity contribution in [1.29, 1.82) is 0 Å². The molecule has 0 aliphatic rings. The Hall–Kier alpha value is -0.870. The molecular formula is C14H26O4. The monoisotopic (exact) mass is 258 g/mol. The van der Waals surface area contributed by atoms with Gasteiger partial charge in [-0.05, 0) is 24.8 Å². The number of hydrogen-bond donors (Lipinski definition) is 3. The largest absolute Gasteiger partial charge is 0.510 e. The first kappa shape index (κ1) is 17.1. The van der Waals surface area contributed by atoms with E-state index in [0.717, 1.165) is 19.3 Å². The Morgan fingerprint density at radius 1 is 1.22 bits per heavy atom. The van der Waals surface area contributed by atoms with Gasteiger partial charge in [0.25, 0.3) is 0 Å². The van der Waals surface area contributed by atoms with Crippen LogP contribution in [0.25, 0.3) is 0 Å². The van der Waals surface area contributed by atoms with E-state index in [9.17, 15) is 15.0 Å². The molecule has 0 aromatic heterocycles. The Balaban J connectivity index is 4.23. The lowest BCUT2D eigenvalue weighted by Gasteiger charge is -2.12. The van der Waals surface area contributed by atoms with E-state index < -0.39 is 12.7 Å². The lowest BCUT2D eigenvalue weighted by atomic mass is 9.94. The number of Topliss-reactive ketones (excluding diaryl/α,β-unsaturated/α-hetero) is 1. The van der Waals surface area contributed by atoms with Crippen LogP contribution < -0.4 is 0 Å². The molecule has 0 aliphatic carbocycles. The molecule has 1 unspecified atom stereocenters. The number of allylic oxidation sites excluding steroid dienone is 1. The molecule has 0 aromatic rings. The average molecular weight is 258 g/mol. The summed E-state index contributed by atoms with van der Waals surface area (Å²) in [5, 5.41) is 27.5. The van der Waals surface area contributed by atoms with Crippen molar-refractivity contribution in [3.63, 3.8) is 0 Å². The SMILES string of the molecule is CCC(CC)CCC(=O)C/C(C)=C(/O)C(O)CO. The van der Waals surface area contributed by atoms with Gasteiger partial charge < -0.3 is 15.3 Å². The molecule has 0 rings (SSSR count). The summed E-state index contributed by atoms with van der Waals surface area (Å²) in [6.45, 7) is 5.30. The molecule has 4 nitrogen and oxygen atoms in total.